The Kier molecular flexibility index (Phi) is 8.41. The maximum absolute atomic E-state index is 5.37. The van der Waals surface area contributed by atoms with Crippen molar-refractivity contribution in [3.63, 3.8) is 0 Å². The smallest absolute Gasteiger partial charge is 0.191 e. The topological polar surface area (TPSA) is 58.1 Å². The molecule has 0 radical (unpaired) electrons. The first kappa shape index (κ1) is 18.5. The highest BCUT2D eigenvalue weighted by Gasteiger charge is 2.09. The second-order valence-corrected chi connectivity index (χ2v) is 5.74. The molecular weight excluding hydrogens is 304 g/mol. The second kappa shape index (κ2) is 10.9. The largest absolute Gasteiger partial charge is 0.497 e. The Bertz CT molecular complexity index is 502. The molecule has 1 saturated heterocycles. The second-order valence-electron chi connectivity index (χ2n) is 5.74. The summed E-state index contributed by atoms with van der Waals surface area (Å²) < 4.78 is 10.6. The lowest BCUT2D eigenvalue weighted by atomic mass is 10.1. The van der Waals surface area contributed by atoms with E-state index in [9.17, 15) is 0 Å². The van der Waals surface area contributed by atoms with Gasteiger partial charge in [0.15, 0.2) is 5.96 Å². The van der Waals surface area contributed by atoms with Crippen molar-refractivity contribution in [3.8, 4) is 5.75 Å². The van der Waals surface area contributed by atoms with Crippen LogP contribution in [0, 0.1) is 0 Å². The van der Waals surface area contributed by atoms with Gasteiger partial charge in [-0.2, -0.15) is 0 Å². The number of ether oxygens (including phenoxy) is 2. The van der Waals surface area contributed by atoms with E-state index in [1.165, 1.54) is 5.56 Å². The van der Waals surface area contributed by atoms with E-state index in [0.29, 0.717) is 0 Å². The molecule has 1 aromatic carbocycles. The predicted molar refractivity (Wildman–Crippen MR) is 97.9 cm³/mol. The molecule has 24 heavy (non-hydrogen) atoms. The van der Waals surface area contributed by atoms with Gasteiger partial charge in [-0.25, -0.2) is 0 Å². The summed E-state index contributed by atoms with van der Waals surface area (Å²) in [5, 5.41) is 6.70. The number of nitrogens with one attached hydrogen (secondary N) is 2. The molecule has 2 rings (SSSR count). The highest BCUT2D eigenvalue weighted by atomic mass is 16.5. The van der Waals surface area contributed by atoms with E-state index in [2.05, 4.69) is 39.6 Å². The number of guanidine groups is 1. The Labute approximate surface area is 145 Å². The van der Waals surface area contributed by atoms with Gasteiger partial charge in [0, 0.05) is 32.7 Å². The lowest BCUT2D eigenvalue weighted by Gasteiger charge is -2.25. The van der Waals surface area contributed by atoms with Crippen molar-refractivity contribution in [2.45, 2.75) is 13.3 Å². The van der Waals surface area contributed by atoms with Gasteiger partial charge in [-0.05, 0) is 31.0 Å². The maximum Gasteiger partial charge on any atom is 0.191 e. The molecule has 0 aromatic heterocycles. The summed E-state index contributed by atoms with van der Waals surface area (Å²) in [5.74, 6) is 1.78. The number of morpholine rings is 1. The number of hydrogen-bond donors (Lipinski definition) is 2. The summed E-state index contributed by atoms with van der Waals surface area (Å²) in [6.45, 7) is 9.26. The average Bonchev–Trinajstić information content (AvgIpc) is 2.63. The van der Waals surface area contributed by atoms with Crippen LogP contribution in [0.25, 0.3) is 0 Å². The first-order valence-electron chi connectivity index (χ1n) is 8.77. The van der Waals surface area contributed by atoms with Crippen LogP contribution < -0.4 is 15.4 Å². The summed E-state index contributed by atoms with van der Waals surface area (Å²) >= 11 is 0. The molecule has 0 unspecified atom stereocenters. The quantitative estimate of drug-likeness (QED) is 0.551. The van der Waals surface area contributed by atoms with E-state index >= 15 is 0 Å². The van der Waals surface area contributed by atoms with Gasteiger partial charge >= 0.3 is 0 Å². The van der Waals surface area contributed by atoms with Crippen molar-refractivity contribution in [2.75, 3.05) is 59.6 Å². The number of nitrogens with zero attached hydrogens (tertiary/aromatic N) is 2. The SMILES string of the molecule is CCNC(=NCCN1CCOCC1)NCCc1cccc(OC)c1. The molecule has 2 N–H and O–H groups in total. The molecular formula is C18H30N4O2. The van der Waals surface area contributed by atoms with E-state index in [4.69, 9.17) is 9.47 Å². The van der Waals surface area contributed by atoms with Crippen LogP contribution in [0.3, 0.4) is 0 Å². The summed E-state index contributed by atoms with van der Waals surface area (Å²) in [6.07, 6.45) is 0.936. The first-order valence-corrected chi connectivity index (χ1v) is 8.77. The first-order chi connectivity index (χ1) is 11.8. The van der Waals surface area contributed by atoms with Gasteiger partial charge in [0.05, 0.1) is 26.9 Å². The van der Waals surface area contributed by atoms with Gasteiger partial charge in [0.2, 0.25) is 0 Å². The van der Waals surface area contributed by atoms with Gasteiger partial charge in [-0.3, -0.25) is 9.89 Å². The molecule has 0 saturated carbocycles. The normalized spacial score (nSPS) is 16.0. The zero-order chi connectivity index (χ0) is 17.0. The van der Waals surface area contributed by atoms with Gasteiger partial charge in [-0.1, -0.05) is 12.1 Å². The highest BCUT2D eigenvalue weighted by molar-refractivity contribution is 5.79. The van der Waals surface area contributed by atoms with Crippen molar-refractivity contribution in [2.24, 2.45) is 4.99 Å². The van der Waals surface area contributed by atoms with Crippen LogP contribution in [0.1, 0.15) is 12.5 Å². The van der Waals surface area contributed by atoms with Crippen molar-refractivity contribution < 1.29 is 9.47 Å². The van der Waals surface area contributed by atoms with Crippen LogP contribution in [0.4, 0.5) is 0 Å². The number of aliphatic imine (C=N–C) groups is 1. The van der Waals surface area contributed by atoms with E-state index < -0.39 is 0 Å². The van der Waals surface area contributed by atoms with Gasteiger partial charge < -0.3 is 20.1 Å². The van der Waals surface area contributed by atoms with Crippen molar-refractivity contribution in [1.29, 1.82) is 0 Å². The Morgan fingerprint density at radius 2 is 2.12 bits per heavy atom. The fourth-order valence-electron chi connectivity index (χ4n) is 2.62. The van der Waals surface area contributed by atoms with Crippen LogP contribution in [0.15, 0.2) is 29.3 Å². The van der Waals surface area contributed by atoms with Gasteiger partial charge in [0.1, 0.15) is 5.75 Å². The van der Waals surface area contributed by atoms with E-state index in [-0.39, 0.29) is 0 Å². The molecule has 134 valence electrons. The van der Waals surface area contributed by atoms with Crippen molar-refractivity contribution in [1.82, 2.24) is 15.5 Å². The Morgan fingerprint density at radius 3 is 2.88 bits per heavy atom. The molecule has 0 amide bonds. The van der Waals surface area contributed by atoms with Crippen LogP contribution in [0.2, 0.25) is 0 Å². The number of methoxy groups -OCH3 is 1. The number of rotatable bonds is 8. The van der Waals surface area contributed by atoms with E-state index in [0.717, 1.165) is 70.6 Å². The molecule has 1 fully saturated rings. The number of benzene rings is 1. The minimum atomic E-state index is 0.800. The molecule has 1 heterocycles. The molecule has 0 spiro atoms. The molecule has 1 aromatic rings. The Balaban J connectivity index is 1.73. The zero-order valence-corrected chi connectivity index (χ0v) is 14.9. The maximum atomic E-state index is 5.37. The lowest BCUT2D eigenvalue weighted by molar-refractivity contribution is 0.0394. The molecule has 0 bridgehead atoms. The molecule has 0 atom stereocenters. The number of hydrogen-bond acceptors (Lipinski definition) is 4. The standard InChI is InChI=1S/C18H30N4O2/c1-3-19-18(21-9-10-22-11-13-24-14-12-22)20-8-7-16-5-4-6-17(15-16)23-2/h4-6,15H,3,7-14H2,1-2H3,(H2,19,20,21). The lowest BCUT2D eigenvalue weighted by Crippen LogP contribution is -2.40. The highest BCUT2D eigenvalue weighted by Crippen LogP contribution is 2.12. The van der Waals surface area contributed by atoms with Crippen molar-refractivity contribution in [3.05, 3.63) is 29.8 Å². The van der Waals surface area contributed by atoms with Crippen LogP contribution in [0.5, 0.6) is 5.75 Å². The predicted octanol–water partition coefficient (Wildman–Crippen LogP) is 1.13. The zero-order valence-electron chi connectivity index (χ0n) is 14.9. The summed E-state index contributed by atoms with van der Waals surface area (Å²) in [5.41, 5.74) is 1.26. The van der Waals surface area contributed by atoms with Crippen LogP contribution in [-0.2, 0) is 11.2 Å². The minimum Gasteiger partial charge on any atom is -0.497 e. The molecule has 6 heteroatoms. The Morgan fingerprint density at radius 1 is 1.29 bits per heavy atom. The van der Waals surface area contributed by atoms with Gasteiger partial charge in [-0.15, -0.1) is 0 Å². The summed E-state index contributed by atoms with van der Waals surface area (Å²) in [6, 6.07) is 8.18. The van der Waals surface area contributed by atoms with Crippen LogP contribution >= 0.6 is 0 Å². The molecule has 0 aliphatic carbocycles. The summed E-state index contributed by atoms with van der Waals surface area (Å²) in [7, 11) is 1.70. The minimum absolute atomic E-state index is 0.800. The fourth-order valence-corrected chi connectivity index (χ4v) is 2.62. The third-order valence-electron chi connectivity index (χ3n) is 3.97. The van der Waals surface area contributed by atoms with Crippen molar-refractivity contribution >= 4 is 5.96 Å². The van der Waals surface area contributed by atoms with Gasteiger partial charge in [0.25, 0.3) is 0 Å². The Hall–Kier alpha value is -1.79. The molecule has 6 nitrogen and oxygen atoms in total. The van der Waals surface area contributed by atoms with E-state index in [1.807, 2.05) is 12.1 Å². The third kappa shape index (κ3) is 6.76. The van der Waals surface area contributed by atoms with Crippen LogP contribution in [-0.4, -0.2) is 70.5 Å². The molecule has 1 aliphatic heterocycles. The van der Waals surface area contributed by atoms with E-state index in [1.54, 1.807) is 7.11 Å². The fraction of sp³-hybridized carbons (Fsp3) is 0.611. The monoisotopic (exact) mass is 334 g/mol. The molecule has 1 aliphatic rings. The summed E-state index contributed by atoms with van der Waals surface area (Å²) in [4.78, 5) is 7.06. The average molecular weight is 334 g/mol. The third-order valence-corrected chi connectivity index (χ3v) is 3.97.